The Morgan fingerprint density at radius 3 is 2.40 bits per heavy atom. The van der Waals surface area contributed by atoms with Crippen LogP contribution in [0.15, 0.2) is 36.4 Å². The second kappa shape index (κ2) is 6.14. The number of benzene rings is 2. The van der Waals surface area contributed by atoms with E-state index in [0.29, 0.717) is 17.6 Å². The van der Waals surface area contributed by atoms with E-state index in [1.54, 1.807) is 12.1 Å². The number of hydrogen-bond acceptors (Lipinski definition) is 3. The Hall–Kier alpha value is -2.43. The van der Waals surface area contributed by atoms with Crippen molar-refractivity contribution in [3.63, 3.8) is 0 Å². The van der Waals surface area contributed by atoms with E-state index in [9.17, 15) is 13.6 Å². The molecular formula is C15H12F2O3. The number of halogens is 2. The molecule has 0 atom stereocenters. The molecule has 0 saturated carbocycles. The zero-order chi connectivity index (χ0) is 14.5. The molecule has 0 saturated heterocycles. The van der Waals surface area contributed by atoms with Gasteiger partial charge in [0.2, 0.25) is 0 Å². The number of aldehydes is 1. The largest absolute Gasteiger partial charge is 0.493 e. The average molecular weight is 278 g/mol. The summed E-state index contributed by atoms with van der Waals surface area (Å²) in [5.74, 6) is -0.738. The number of ether oxygens (including phenoxy) is 2. The van der Waals surface area contributed by atoms with Gasteiger partial charge in [-0.05, 0) is 30.3 Å². The van der Waals surface area contributed by atoms with Gasteiger partial charge in [-0.2, -0.15) is 0 Å². The summed E-state index contributed by atoms with van der Waals surface area (Å²) in [7, 11) is 1.44. The zero-order valence-corrected chi connectivity index (χ0v) is 10.7. The molecule has 0 aromatic heterocycles. The zero-order valence-electron chi connectivity index (χ0n) is 10.7. The molecular weight excluding hydrogens is 266 g/mol. The lowest BCUT2D eigenvalue weighted by atomic mass is 10.2. The summed E-state index contributed by atoms with van der Waals surface area (Å²) >= 11 is 0. The van der Waals surface area contributed by atoms with E-state index in [1.807, 2.05) is 0 Å². The predicted molar refractivity (Wildman–Crippen MR) is 69.1 cm³/mol. The molecule has 5 heteroatoms. The third-order valence-electron chi connectivity index (χ3n) is 2.76. The van der Waals surface area contributed by atoms with Crippen molar-refractivity contribution in [3.05, 3.63) is 59.2 Å². The topological polar surface area (TPSA) is 35.5 Å². The molecule has 104 valence electrons. The van der Waals surface area contributed by atoms with Gasteiger partial charge in [0.05, 0.1) is 12.7 Å². The molecule has 0 heterocycles. The van der Waals surface area contributed by atoms with Crippen LogP contribution in [0.3, 0.4) is 0 Å². The molecule has 0 spiro atoms. The van der Waals surface area contributed by atoms with Crippen LogP contribution < -0.4 is 9.47 Å². The van der Waals surface area contributed by atoms with Crippen LogP contribution in [0.5, 0.6) is 11.5 Å². The molecule has 2 aromatic rings. The van der Waals surface area contributed by atoms with Gasteiger partial charge in [0.1, 0.15) is 24.5 Å². The van der Waals surface area contributed by atoms with Crippen molar-refractivity contribution in [2.24, 2.45) is 0 Å². The van der Waals surface area contributed by atoms with Crippen molar-refractivity contribution >= 4 is 6.29 Å². The molecule has 0 bridgehead atoms. The van der Waals surface area contributed by atoms with Gasteiger partial charge in [0.25, 0.3) is 0 Å². The van der Waals surface area contributed by atoms with Gasteiger partial charge in [0, 0.05) is 5.56 Å². The lowest BCUT2D eigenvalue weighted by Crippen LogP contribution is -2.03. The quantitative estimate of drug-likeness (QED) is 0.787. The van der Waals surface area contributed by atoms with Gasteiger partial charge < -0.3 is 9.47 Å². The molecule has 0 N–H and O–H groups in total. The highest BCUT2D eigenvalue weighted by Crippen LogP contribution is 2.28. The highest BCUT2D eigenvalue weighted by molar-refractivity contribution is 5.76. The molecule has 3 nitrogen and oxygen atoms in total. The number of hydrogen-bond donors (Lipinski definition) is 0. The third kappa shape index (κ3) is 2.93. The van der Waals surface area contributed by atoms with E-state index in [2.05, 4.69) is 0 Å². The molecule has 0 fully saturated rings. The first-order valence-electron chi connectivity index (χ1n) is 5.84. The molecule has 0 aliphatic rings. The first-order chi connectivity index (χ1) is 9.65. The van der Waals surface area contributed by atoms with E-state index in [-0.39, 0.29) is 17.9 Å². The van der Waals surface area contributed by atoms with Crippen molar-refractivity contribution in [1.29, 1.82) is 0 Å². The van der Waals surface area contributed by atoms with E-state index in [0.717, 1.165) is 12.1 Å². The Morgan fingerprint density at radius 2 is 1.80 bits per heavy atom. The summed E-state index contributed by atoms with van der Waals surface area (Å²) < 4.78 is 37.4. The smallest absolute Gasteiger partial charge is 0.162 e. The maximum atomic E-state index is 13.5. The second-order valence-corrected chi connectivity index (χ2v) is 4.02. The number of rotatable bonds is 5. The fraction of sp³-hybridized carbons (Fsp3) is 0.133. The van der Waals surface area contributed by atoms with Crippen molar-refractivity contribution in [3.8, 4) is 11.5 Å². The maximum Gasteiger partial charge on any atom is 0.162 e. The lowest BCUT2D eigenvalue weighted by molar-refractivity contribution is 0.112. The van der Waals surface area contributed by atoms with Crippen molar-refractivity contribution in [2.45, 2.75) is 6.61 Å². The van der Waals surface area contributed by atoms with Crippen LogP contribution in [0.25, 0.3) is 0 Å². The number of methoxy groups -OCH3 is 1. The summed E-state index contributed by atoms with van der Waals surface area (Å²) in [6.45, 7) is -0.294. The molecule has 2 aromatic carbocycles. The minimum atomic E-state index is -0.685. The van der Waals surface area contributed by atoms with Crippen molar-refractivity contribution in [2.75, 3.05) is 7.11 Å². The van der Waals surface area contributed by atoms with Crippen LogP contribution >= 0.6 is 0 Å². The Bertz CT molecular complexity index is 606. The second-order valence-electron chi connectivity index (χ2n) is 4.02. The minimum absolute atomic E-state index is 0.175. The van der Waals surface area contributed by atoms with Crippen molar-refractivity contribution in [1.82, 2.24) is 0 Å². The summed E-state index contributed by atoms with van der Waals surface area (Å²) in [5, 5.41) is 0. The van der Waals surface area contributed by atoms with Crippen LogP contribution in [0.1, 0.15) is 15.9 Å². The average Bonchev–Trinajstić information content (AvgIpc) is 2.46. The van der Waals surface area contributed by atoms with E-state index in [1.165, 1.54) is 19.2 Å². The Labute approximate surface area is 114 Å². The van der Waals surface area contributed by atoms with Gasteiger partial charge in [-0.1, -0.05) is 6.07 Å². The molecule has 0 amide bonds. The number of carbonyl (C=O) groups excluding carboxylic acids is 1. The van der Waals surface area contributed by atoms with Gasteiger partial charge >= 0.3 is 0 Å². The fourth-order valence-electron chi connectivity index (χ4n) is 1.70. The maximum absolute atomic E-state index is 13.5. The van der Waals surface area contributed by atoms with Crippen LogP contribution in [0, 0.1) is 11.6 Å². The highest BCUT2D eigenvalue weighted by atomic mass is 19.1. The summed E-state index contributed by atoms with van der Waals surface area (Å²) in [4.78, 5) is 10.7. The molecule has 0 radical (unpaired) electrons. The van der Waals surface area contributed by atoms with E-state index >= 15 is 0 Å². The fourth-order valence-corrected chi connectivity index (χ4v) is 1.70. The van der Waals surface area contributed by atoms with Crippen LogP contribution in [-0.2, 0) is 6.61 Å². The predicted octanol–water partition coefficient (Wildman–Crippen LogP) is 3.36. The van der Waals surface area contributed by atoms with Crippen molar-refractivity contribution < 1.29 is 23.0 Å². The molecule has 2 rings (SSSR count). The van der Waals surface area contributed by atoms with Gasteiger partial charge in [-0.3, -0.25) is 4.79 Å². The summed E-state index contributed by atoms with van der Waals surface area (Å²) in [6, 6.07) is 8.15. The number of carbonyl (C=O) groups is 1. The third-order valence-corrected chi connectivity index (χ3v) is 2.76. The van der Waals surface area contributed by atoms with Crippen LogP contribution in [0.4, 0.5) is 8.78 Å². The summed E-state index contributed by atoms with van der Waals surface area (Å²) in [6.07, 6.45) is 0.649. The molecule has 0 aliphatic heterocycles. The van der Waals surface area contributed by atoms with E-state index in [4.69, 9.17) is 9.47 Å². The van der Waals surface area contributed by atoms with Gasteiger partial charge in [0.15, 0.2) is 11.5 Å². The SMILES string of the molecule is COc1ccc(C=O)cc1OCc1c(F)cccc1F. The molecule has 20 heavy (non-hydrogen) atoms. The monoisotopic (exact) mass is 278 g/mol. The Morgan fingerprint density at radius 1 is 1.10 bits per heavy atom. The molecule has 0 unspecified atom stereocenters. The normalized spacial score (nSPS) is 10.2. The lowest BCUT2D eigenvalue weighted by Gasteiger charge is -2.12. The highest BCUT2D eigenvalue weighted by Gasteiger charge is 2.11. The van der Waals surface area contributed by atoms with Crippen LogP contribution in [-0.4, -0.2) is 13.4 Å². The first-order valence-corrected chi connectivity index (χ1v) is 5.84. The van der Waals surface area contributed by atoms with E-state index < -0.39 is 11.6 Å². The van der Waals surface area contributed by atoms with Crippen LogP contribution in [0.2, 0.25) is 0 Å². The standard InChI is InChI=1S/C15H12F2O3/c1-19-14-6-5-10(8-18)7-15(14)20-9-11-12(16)3-2-4-13(11)17/h2-8H,9H2,1H3. The minimum Gasteiger partial charge on any atom is -0.493 e. The van der Waals surface area contributed by atoms with Gasteiger partial charge in [-0.15, -0.1) is 0 Å². The Balaban J connectivity index is 2.24. The summed E-state index contributed by atoms with van der Waals surface area (Å²) in [5.41, 5.74) is 0.209. The van der Waals surface area contributed by atoms with Gasteiger partial charge in [-0.25, -0.2) is 8.78 Å². The molecule has 0 aliphatic carbocycles. The first kappa shape index (κ1) is 14.0. The Kier molecular flexibility index (Phi) is 4.30.